The highest BCUT2D eigenvalue weighted by molar-refractivity contribution is 5.42. The number of rotatable bonds is 5. The molecule has 1 fully saturated rings. The van der Waals surface area contributed by atoms with E-state index in [4.69, 9.17) is 4.74 Å². The van der Waals surface area contributed by atoms with Crippen LogP contribution < -0.4 is 10.1 Å². The van der Waals surface area contributed by atoms with Crippen molar-refractivity contribution in [3.63, 3.8) is 0 Å². The monoisotopic (exact) mass is 251 g/mol. The highest BCUT2D eigenvalue weighted by Gasteiger charge is 2.18. The average Bonchev–Trinajstić information content (AvgIpc) is 2.84. The van der Waals surface area contributed by atoms with Crippen molar-refractivity contribution in [1.82, 2.24) is 10.3 Å². The van der Waals surface area contributed by atoms with E-state index in [1.807, 2.05) is 0 Å². The Balaban J connectivity index is 1.93. The quantitative estimate of drug-likeness (QED) is 0.636. The minimum absolute atomic E-state index is 0.0560. The Bertz CT molecular complexity index is 431. The number of nitrogens with one attached hydrogen (secondary N) is 1. The second kappa shape index (κ2) is 5.77. The Morgan fingerprint density at radius 2 is 2.50 bits per heavy atom. The van der Waals surface area contributed by atoms with E-state index in [0.717, 1.165) is 31.5 Å². The van der Waals surface area contributed by atoms with E-state index in [0.29, 0.717) is 12.5 Å². The molecule has 98 valence electrons. The second-order valence-electron chi connectivity index (χ2n) is 4.59. The van der Waals surface area contributed by atoms with Crippen molar-refractivity contribution >= 4 is 5.69 Å². The summed E-state index contributed by atoms with van der Waals surface area (Å²) in [6, 6.07) is 1.49. The van der Waals surface area contributed by atoms with Crippen molar-refractivity contribution in [2.24, 2.45) is 5.92 Å². The first kappa shape index (κ1) is 12.8. The van der Waals surface area contributed by atoms with Gasteiger partial charge >= 0.3 is 5.69 Å². The van der Waals surface area contributed by atoms with Crippen molar-refractivity contribution in [3.05, 3.63) is 27.9 Å². The molecule has 0 saturated carbocycles. The fourth-order valence-electron chi connectivity index (χ4n) is 2.07. The van der Waals surface area contributed by atoms with Gasteiger partial charge in [-0.2, -0.15) is 0 Å². The van der Waals surface area contributed by atoms with Gasteiger partial charge < -0.3 is 10.1 Å². The molecular formula is C12H17N3O3. The zero-order valence-electron chi connectivity index (χ0n) is 10.4. The van der Waals surface area contributed by atoms with E-state index < -0.39 is 4.92 Å². The standard InChI is InChI=1S/C12H17N3O3/c1-9-6-11(15(16)17)12(14-7-9)18-5-3-10-2-4-13-8-10/h6-7,10,13H,2-5,8H2,1H3. The first-order chi connectivity index (χ1) is 8.66. The van der Waals surface area contributed by atoms with Crippen LogP contribution in [0.2, 0.25) is 0 Å². The topological polar surface area (TPSA) is 77.3 Å². The number of hydrogen-bond acceptors (Lipinski definition) is 5. The van der Waals surface area contributed by atoms with Gasteiger partial charge in [-0.15, -0.1) is 0 Å². The van der Waals surface area contributed by atoms with Gasteiger partial charge in [-0.05, 0) is 44.3 Å². The molecule has 18 heavy (non-hydrogen) atoms. The van der Waals surface area contributed by atoms with Crippen LogP contribution in [0.5, 0.6) is 5.88 Å². The maximum Gasteiger partial charge on any atom is 0.331 e. The van der Waals surface area contributed by atoms with E-state index >= 15 is 0 Å². The summed E-state index contributed by atoms with van der Waals surface area (Å²) in [4.78, 5) is 14.4. The lowest BCUT2D eigenvalue weighted by atomic mass is 10.1. The zero-order chi connectivity index (χ0) is 13.0. The summed E-state index contributed by atoms with van der Waals surface area (Å²) in [6.45, 7) is 4.30. The third-order valence-electron chi connectivity index (χ3n) is 3.09. The number of hydrogen-bond donors (Lipinski definition) is 1. The van der Waals surface area contributed by atoms with Crippen LogP contribution in [0.3, 0.4) is 0 Å². The van der Waals surface area contributed by atoms with Crippen LogP contribution in [0.15, 0.2) is 12.3 Å². The highest BCUT2D eigenvalue weighted by Crippen LogP contribution is 2.25. The normalized spacial score (nSPS) is 18.8. The molecule has 1 aromatic heterocycles. The van der Waals surface area contributed by atoms with E-state index in [-0.39, 0.29) is 11.6 Å². The molecule has 2 rings (SSSR count). The summed E-state index contributed by atoms with van der Waals surface area (Å²) in [5.74, 6) is 0.728. The van der Waals surface area contributed by atoms with Crippen molar-refractivity contribution in [2.45, 2.75) is 19.8 Å². The van der Waals surface area contributed by atoms with Crippen LogP contribution in [-0.2, 0) is 0 Å². The number of ether oxygens (including phenoxy) is 1. The Hall–Kier alpha value is -1.69. The lowest BCUT2D eigenvalue weighted by Gasteiger charge is -2.09. The van der Waals surface area contributed by atoms with Gasteiger partial charge in [-0.25, -0.2) is 4.98 Å². The molecule has 1 aliphatic rings. The number of aromatic nitrogens is 1. The number of pyridine rings is 1. The molecule has 0 aliphatic carbocycles. The molecule has 0 amide bonds. The highest BCUT2D eigenvalue weighted by atomic mass is 16.6. The molecule has 0 aromatic carbocycles. The summed E-state index contributed by atoms with van der Waals surface area (Å²) < 4.78 is 5.43. The second-order valence-corrected chi connectivity index (χ2v) is 4.59. The predicted molar refractivity (Wildman–Crippen MR) is 66.7 cm³/mol. The fourth-order valence-corrected chi connectivity index (χ4v) is 2.07. The van der Waals surface area contributed by atoms with E-state index in [2.05, 4.69) is 10.3 Å². The first-order valence-corrected chi connectivity index (χ1v) is 6.11. The Morgan fingerprint density at radius 1 is 1.67 bits per heavy atom. The predicted octanol–water partition coefficient (Wildman–Crippen LogP) is 1.68. The van der Waals surface area contributed by atoms with Crippen molar-refractivity contribution < 1.29 is 9.66 Å². The molecular weight excluding hydrogens is 234 g/mol. The van der Waals surface area contributed by atoms with Gasteiger partial charge in [-0.3, -0.25) is 10.1 Å². The molecule has 1 aliphatic heterocycles. The van der Waals surface area contributed by atoms with Crippen molar-refractivity contribution in [1.29, 1.82) is 0 Å². The first-order valence-electron chi connectivity index (χ1n) is 6.11. The third kappa shape index (κ3) is 3.16. The molecule has 0 spiro atoms. The van der Waals surface area contributed by atoms with Gasteiger partial charge in [0, 0.05) is 12.3 Å². The average molecular weight is 251 g/mol. The Labute approximate surface area is 106 Å². The van der Waals surface area contributed by atoms with Crippen molar-refractivity contribution in [2.75, 3.05) is 19.7 Å². The lowest BCUT2D eigenvalue weighted by Crippen LogP contribution is -2.12. The summed E-state index contributed by atoms with van der Waals surface area (Å²) in [5, 5.41) is 14.1. The molecule has 1 aromatic rings. The van der Waals surface area contributed by atoms with E-state index in [9.17, 15) is 10.1 Å². The van der Waals surface area contributed by atoms with Gasteiger partial charge in [0.1, 0.15) is 0 Å². The SMILES string of the molecule is Cc1cnc(OCCC2CCNC2)c([N+](=O)[O-])c1. The van der Waals surface area contributed by atoms with Crippen molar-refractivity contribution in [3.8, 4) is 5.88 Å². The maximum atomic E-state index is 10.9. The third-order valence-corrected chi connectivity index (χ3v) is 3.09. The molecule has 1 N–H and O–H groups in total. The number of aryl methyl sites for hydroxylation is 1. The van der Waals surface area contributed by atoms with Gasteiger partial charge in [0.25, 0.3) is 5.88 Å². The minimum Gasteiger partial charge on any atom is -0.473 e. The molecule has 6 nitrogen and oxygen atoms in total. The van der Waals surface area contributed by atoms with Crippen LogP contribution in [0, 0.1) is 23.0 Å². The van der Waals surface area contributed by atoms with Crippen LogP contribution in [0.25, 0.3) is 0 Å². The number of nitrogens with zero attached hydrogens (tertiary/aromatic N) is 2. The Kier molecular flexibility index (Phi) is 4.09. The fraction of sp³-hybridized carbons (Fsp3) is 0.583. The molecule has 2 heterocycles. The summed E-state index contributed by atoms with van der Waals surface area (Å²) in [7, 11) is 0. The number of nitro groups is 1. The van der Waals surface area contributed by atoms with Crippen LogP contribution in [0.1, 0.15) is 18.4 Å². The summed E-state index contributed by atoms with van der Waals surface area (Å²) in [5.41, 5.74) is 0.702. The van der Waals surface area contributed by atoms with Crippen LogP contribution in [-0.4, -0.2) is 29.6 Å². The molecule has 0 bridgehead atoms. The zero-order valence-corrected chi connectivity index (χ0v) is 10.4. The minimum atomic E-state index is -0.452. The van der Waals surface area contributed by atoms with E-state index in [1.165, 1.54) is 6.07 Å². The van der Waals surface area contributed by atoms with Gasteiger partial charge in [-0.1, -0.05) is 0 Å². The van der Waals surface area contributed by atoms with Gasteiger partial charge in [0.15, 0.2) is 0 Å². The summed E-state index contributed by atoms with van der Waals surface area (Å²) >= 11 is 0. The van der Waals surface area contributed by atoms with Crippen LogP contribution >= 0.6 is 0 Å². The Morgan fingerprint density at radius 3 is 3.17 bits per heavy atom. The maximum absolute atomic E-state index is 10.9. The molecule has 1 atom stereocenters. The smallest absolute Gasteiger partial charge is 0.331 e. The molecule has 0 radical (unpaired) electrons. The van der Waals surface area contributed by atoms with Crippen LogP contribution in [0.4, 0.5) is 5.69 Å². The lowest BCUT2D eigenvalue weighted by molar-refractivity contribution is -0.386. The molecule has 1 saturated heterocycles. The van der Waals surface area contributed by atoms with E-state index in [1.54, 1.807) is 13.1 Å². The van der Waals surface area contributed by atoms with Gasteiger partial charge in [0.2, 0.25) is 0 Å². The largest absolute Gasteiger partial charge is 0.473 e. The summed E-state index contributed by atoms with van der Waals surface area (Å²) in [6.07, 6.45) is 3.63. The molecule has 1 unspecified atom stereocenters. The van der Waals surface area contributed by atoms with Gasteiger partial charge in [0.05, 0.1) is 11.5 Å². The molecule has 6 heteroatoms.